The number of carbonyl (C=O) groups is 1. The topological polar surface area (TPSA) is 34.9 Å². The summed E-state index contributed by atoms with van der Waals surface area (Å²) in [5.74, 6) is 0.497. The van der Waals surface area contributed by atoms with Gasteiger partial charge in [-0.3, -0.25) is 9.48 Å². The van der Waals surface area contributed by atoms with Gasteiger partial charge in [0, 0.05) is 22.8 Å². The molecule has 18 heavy (non-hydrogen) atoms. The van der Waals surface area contributed by atoms with Crippen LogP contribution in [0.4, 0.5) is 0 Å². The maximum atomic E-state index is 11.1. The molecule has 0 aliphatic rings. The zero-order valence-electron chi connectivity index (χ0n) is 10.4. The fourth-order valence-electron chi connectivity index (χ4n) is 1.85. The van der Waals surface area contributed by atoms with E-state index in [4.69, 9.17) is 0 Å². The Kier molecular flexibility index (Phi) is 3.97. The van der Waals surface area contributed by atoms with E-state index in [1.807, 2.05) is 35.1 Å². The number of benzene rings is 1. The standard InChI is InChI=1S/C14H15BrN2O/c1-10(2)7-17-8-11(9-18)14(16-17)12-5-3-4-6-13(12)15/h3-6,8-10H,7H2,1-2H3. The number of aromatic nitrogens is 2. The van der Waals surface area contributed by atoms with Crippen molar-refractivity contribution in [2.45, 2.75) is 20.4 Å². The van der Waals surface area contributed by atoms with Crippen LogP contribution in [0.15, 0.2) is 34.9 Å². The molecule has 0 fully saturated rings. The number of rotatable bonds is 4. The molecule has 0 N–H and O–H groups in total. The van der Waals surface area contributed by atoms with Gasteiger partial charge in [0.05, 0.1) is 5.56 Å². The van der Waals surface area contributed by atoms with Crippen molar-refractivity contribution >= 4 is 22.2 Å². The average Bonchev–Trinajstić information content (AvgIpc) is 2.71. The highest BCUT2D eigenvalue weighted by molar-refractivity contribution is 9.10. The van der Waals surface area contributed by atoms with Crippen LogP contribution in [0.3, 0.4) is 0 Å². The van der Waals surface area contributed by atoms with Gasteiger partial charge in [0.1, 0.15) is 5.69 Å². The molecule has 0 unspecified atom stereocenters. The Morgan fingerprint density at radius 2 is 2.11 bits per heavy atom. The van der Waals surface area contributed by atoms with E-state index in [0.29, 0.717) is 11.5 Å². The van der Waals surface area contributed by atoms with Gasteiger partial charge in [0.25, 0.3) is 0 Å². The summed E-state index contributed by atoms with van der Waals surface area (Å²) in [5.41, 5.74) is 2.31. The van der Waals surface area contributed by atoms with E-state index in [1.54, 1.807) is 0 Å². The van der Waals surface area contributed by atoms with Crippen LogP contribution in [0.2, 0.25) is 0 Å². The van der Waals surface area contributed by atoms with Crippen LogP contribution in [-0.4, -0.2) is 16.1 Å². The van der Waals surface area contributed by atoms with Crippen molar-refractivity contribution < 1.29 is 4.79 Å². The first-order chi connectivity index (χ1) is 8.61. The van der Waals surface area contributed by atoms with Crippen molar-refractivity contribution in [3.05, 3.63) is 40.5 Å². The number of carbonyl (C=O) groups excluding carboxylic acids is 1. The molecular formula is C14H15BrN2O. The Balaban J connectivity index is 2.47. The summed E-state index contributed by atoms with van der Waals surface area (Å²) in [4.78, 5) is 11.1. The Labute approximate surface area is 115 Å². The Morgan fingerprint density at radius 3 is 2.72 bits per heavy atom. The Hall–Kier alpha value is -1.42. The van der Waals surface area contributed by atoms with Gasteiger partial charge in [-0.25, -0.2) is 0 Å². The Morgan fingerprint density at radius 1 is 1.39 bits per heavy atom. The van der Waals surface area contributed by atoms with E-state index in [2.05, 4.69) is 34.9 Å². The third kappa shape index (κ3) is 2.70. The summed E-state index contributed by atoms with van der Waals surface area (Å²) in [7, 11) is 0. The van der Waals surface area contributed by atoms with Gasteiger partial charge in [0.15, 0.2) is 6.29 Å². The fraction of sp³-hybridized carbons (Fsp3) is 0.286. The molecule has 94 valence electrons. The van der Waals surface area contributed by atoms with Crippen molar-refractivity contribution in [1.29, 1.82) is 0 Å². The van der Waals surface area contributed by atoms with Gasteiger partial charge in [-0.15, -0.1) is 0 Å². The minimum absolute atomic E-state index is 0.497. The summed E-state index contributed by atoms with van der Waals surface area (Å²) in [6.45, 7) is 5.06. The molecule has 3 nitrogen and oxygen atoms in total. The number of aldehydes is 1. The molecule has 1 heterocycles. The van der Waals surface area contributed by atoms with Crippen molar-refractivity contribution in [2.24, 2.45) is 5.92 Å². The highest BCUT2D eigenvalue weighted by Crippen LogP contribution is 2.28. The summed E-state index contributed by atoms with van der Waals surface area (Å²) in [6.07, 6.45) is 2.67. The van der Waals surface area contributed by atoms with Crippen molar-refractivity contribution in [1.82, 2.24) is 9.78 Å². The SMILES string of the molecule is CC(C)Cn1cc(C=O)c(-c2ccccc2Br)n1. The maximum absolute atomic E-state index is 11.1. The minimum Gasteiger partial charge on any atom is -0.298 e. The van der Waals surface area contributed by atoms with Crippen LogP contribution in [0.25, 0.3) is 11.3 Å². The molecule has 0 aliphatic heterocycles. The van der Waals surface area contributed by atoms with Gasteiger partial charge in [-0.05, 0) is 12.0 Å². The lowest BCUT2D eigenvalue weighted by Gasteiger charge is -2.04. The summed E-state index contributed by atoms with van der Waals surface area (Å²) < 4.78 is 2.78. The highest BCUT2D eigenvalue weighted by atomic mass is 79.9. The number of hydrogen-bond acceptors (Lipinski definition) is 2. The summed E-state index contributed by atoms with van der Waals surface area (Å²) >= 11 is 3.49. The van der Waals surface area contributed by atoms with Crippen LogP contribution in [0, 0.1) is 5.92 Å². The summed E-state index contributed by atoms with van der Waals surface area (Å²) in [6, 6.07) is 7.79. The van der Waals surface area contributed by atoms with E-state index in [0.717, 1.165) is 28.6 Å². The zero-order chi connectivity index (χ0) is 13.1. The Bertz CT molecular complexity index is 561. The second-order valence-electron chi connectivity index (χ2n) is 4.65. The van der Waals surface area contributed by atoms with Gasteiger partial charge < -0.3 is 0 Å². The molecule has 0 saturated heterocycles. The number of halogens is 1. The minimum atomic E-state index is 0.497. The molecule has 2 rings (SSSR count). The van der Waals surface area contributed by atoms with Crippen molar-refractivity contribution in [3.8, 4) is 11.3 Å². The molecule has 0 radical (unpaired) electrons. The first-order valence-corrected chi connectivity index (χ1v) is 6.68. The van der Waals surface area contributed by atoms with Gasteiger partial charge >= 0.3 is 0 Å². The lowest BCUT2D eigenvalue weighted by molar-refractivity contribution is 0.112. The monoisotopic (exact) mass is 306 g/mol. The quantitative estimate of drug-likeness (QED) is 0.806. The molecule has 1 aromatic heterocycles. The second kappa shape index (κ2) is 5.48. The molecule has 0 atom stereocenters. The van der Waals surface area contributed by atoms with Crippen LogP contribution in [-0.2, 0) is 6.54 Å². The molecule has 4 heteroatoms. The van der Waals surface area contributed by atoms with Gasteiger partial charge in [-0.1, -0.05) is 48.0 Å². The number of nitrogens with zero attached hydrogens (tertiary/aromatic N) is 2. The first-order valence-electron chi connectivity index (χ1n) is 5.89. The van der Waals surface area contributed by atoms with Crippen molar-refractivity contribution in [3.63, 3.8) is 0 Å². The first kappa shape index (κ1) is 13.0. The second-order valence-corrected chi connectivity index (χ2v) is 5.50. The van der Waals surface area contributed by atoms with E-state index in [-0.39, 0.29) is 0 Å². The average molecular weight is 307 g/mol. The lowest BCUT2D eigenvalue weighted by Crippen LogP contribution is -2.04. The number of hydrogen-bond donors (Lipinski definition) is 0. The van der Waals surface area contributed by atoms with Crippen molar-refractivity contribution in [2.75, 3.05) is 0 Å². The van der Waals surface area contributed by atoms with Gasteiger partial charge in [0.2, 0.25) is 0 Å². The molecule has 0 aliphatic carbocycles. The maximum Gasteiger partial charge on any atom is 0.153 e. The zero-order valence-corrected chi connectivity index (χ0v) is 12.0. The third-order valence-corrected chi connectivity index (χ3v) is 3.29. The fourth-order valence-corrected chi connectivity index (χ4v) is 2.33. The molecule has 0 spiro atoms. The molecule has 1 aromatic carbocycles. The summed E-state index contributed by atoms with van der Waals surface area (Å²) in [5, 5.41) is 4.51. The largest absolute Gasteiger partial charge is 0.298 e. The molecule has 0 bridgehead atoms. The highest BCUT2D eigenvalue weighted by Gasteiger charge is 2.13. The molecule has 0 saturated carbocycles. The van der Waals surface area contributed by atoms with Crippen LogP contribution >= 0.6 is 15.9 Å². The normalized spacial score (nSPS) is 10.9. The third-order valence-electron chi connectivity index (χ3n) is 2.60. The molecule has 2 aromatic rings. The van der Waals surface area contributed by atoms with Crippen LogP contribution < -0.4 is 0 Å². The van der Waals surface area contributed by atoms with E-state index >= 15 is 0 Å². The van der Waals surface area contributed by atoms with E-state index in [1.165, 1.54) is 0 Å². The molecule has 0 amide bonds. The van der Waals surface area contributed by atoms with E-state index < -0.39 is 0 Å². The lowest BCUT2D eigenvalue weighted by atomic mass is 10.1. The smallest absolute Gasteiger partial charge is 0.153 e. The van der Waals surface area contributed by atoms with Crippen LogP contribution in [0.5, 0.6) is 0 Å². The van der Waals surface area contributed by atoms with Gasteiger partial charge in [-0.2, -0.15) is 5.10 Å². The van der Waals surface area contributed by atoms with Crippen LogP contribution in [0.1, 0.15) is 24.2 Å². The van der Waals surface area contributed by atoms with E-state index in [9.17, 15) is 4.79 Å². The molecular weight excluding hydrogens is 292 g/mol. The predicted octanol–water partition coefficient (Wildman–Crippen LogP) is 3.78. The predicted molar refractivity (Wildman–Crippen MR) is 75.6 cm³/mol.